The number of hydrogen-bond acceptors (Lipinski definition) is 11. The van der Waals surface area contributed by atoms with Crippen LogP contribution in [0.1, 0.15) is 25.0 Å². The molecule has 0 saturated heterocycles. The van der Waals surface area contributed by atoms with Gasteiger partial charge in [0.15, 0.2) is 6.10 Å². The Hall–Kier alpha value is -6.14. The lowest BCUT2D eigenvalue weighted by Gasteiger charge is -2.20. The largest absolute Gasteiger partial charge is 0.481 e. The van der Waals surface area contributed by atoms with E-state index in [1.54, 1.807) is 49.5 Å². The summed E-state index contributed by atoms with van der Waals surface area (Å²) in [4.78, 5) is 17.4. The third-order valence-electron chi connectivity index (χ3n) is 7.54. The summed E-state index contributed by atoms with van der Waals surface area (Å²) in [5, 5.41) is 14.0. The summed E-state index contributed by atoms with van der Waals surface area (Å²) in [6, 6.07) is 13.4. The number of hydrogen-bond donors (Lipinski definition) is 2. The molecule has 0 amide bonds. The second-order valence-corrected chi connectivity index (χ2v) is 11.7. The Kier molecular flexibility index (Phi) is 9.76. The zero-order valence-corrected chi connectivity index (χ0v) is 27.6. The molecule has 1 unspecified atom stereocenters. The molecule has 0 spiro atoms. The van der Waals surface area contributed by atoms with Crippen molar-refractivity contribution in [3.05, 3.63) is 84.2 Å². The molecular formula is C34H26F8N8O3. The monoisotopic (exact) mass is 746 g/mol. The lowest BCUT2D eigenvalue weighted by Crippen LogP contribution is -2.31. The number of ether oxygens (including phenoxy) is 1. The molecule has 276 valence electrons. The molecule has 6 rings (SSSR count). The number of alkyl halides is 8. The van der Waals surface area contributed by atoms with Crippen LogP contribution in [0, 0.1) is 0 Å². The number of halogens is 8. The van der Waals surface area contributed by atoms with Crippen LogP contribution in [-0.4, -0.2) is 55.5 Å². The van der Waals surface area contributed by atoms with Crippen molar-refractivity contribution in [2.75, 3.05) is 17.7 Å². The predicted octanol–water partition coefficient (Wildman–Crippen LogP) is 9.24. The summed E-state index contributed by atoms with van der Waals surface area (Å²) >= 11 is 0. The SMILES string of the molecule is CNc1ncc(Nc2ncccc2-c2noc(-c3ccc(OC(C)C(F)(F)F)c(C(F)(F)F)c3)n2)cc1-c1noc(-c2ccc(CC(C)(F)F)cc2)n1. The molecule has 0 fully saturated rings. The normalized spacial score (nSPS) is 12.8. The fourth-order valence-electron chi connectivity index (χ4n) is 4.99. The molecule has 0 aliphatic heterocycles. The van der Waals surface area contributed by atoms with Crippen molar-refractivity contribution in [1.82, 2.24) is 30.2 Å². The minimum Gasteiger partial charge on any atom is -0.481 e. The topological polar surface area (TPSA) is 137 Å². The molecule has 0 aliphatic rings. The van der Waals surface area contributed by atoms with Gasteiger partial charge in [-0.2, -0.15) is 36.3 Å². The molecule has 0 saturated carbocycles. The molecule has 1 atom stereocenters. The van der Waals surface area contributed by atoms with Crippen LogP contribution in [-0.2, 0) is 12.6 Å². The van der Waals surface area contributed by atoms with Crippen molar-refractivity contribution in [3.8, 4) is 51.4 Å². The number of aromatic nitrogens is 6. The van der Waals surface area contributed by atoms with Crippen molar-refractivity contribution in [3.63, 3.8) is 0 Å². The summed E-state index contributed by atoms with van der Waals surface area (Å²) in [6.07, 6.45) is -9.95. The van der Waals surface area contributed by atoms with Crippen LogP contribution in [0.2, 0.25) is 0 Å². The van der Waals surface area contributed by atoms with Crippen molar-refractivity contribution in [1.29, 1.82) is 0 Å². The van der Waals surface area contributed by atoms with Crippen LogP contribution in [0.25, 0.3) is 45.7 Å². The first-order valence-electron chi connectivity index (χ1n) is 15.5. The van der Waals surface area contributed by atoms with Crippen molar-refractivity contribution < 1.29 is 48.9 Å². The lowest BCUT2D eigenvalue weighted by atomic mass is 10.1. The number of anilines is 3. The number of nitrogens with zero attached hydrogens (tertiary/aromatic N) is 6. The number of rotatable bonds is 11. The summed E-state index contributed by atoms with van der Waals surface area (Å²) in [7, 11) is 1.63. The van der Waals surface area contributed by atoms with Crippen molar-refractivity contribution in [2.45, 2.75) is 44.6 Å². The highest BCUT2D eigenvalue weighted by molar-refractivity contribution is 5.79. The van der Waals surface area contributed by atoms with Crippen LogP contribution in [0.4, 0.5) is 52.4 Å². The molecule has 6 aromatic rings. The number of benzene rings is 2. The maximum atomic E-state index is 13.9. The van der Waals surface area contributed by atoms with E-state index in [1.165, 1.54) is 12.4 Å². The van der Waals surface area contributed by atoms with Gasteiger partial charge in [0.1, 0.15) is 17.4 Å². The average molecular weight is 747 g/mol. The van der Waals surface area contributed by atoms with Crippen LogP contribution in [0.5, 0.6) is 5.75 Å². The maximum absolute atomic E-state index is 13.9. The molecule has 4 aromatic heterocycles. The standard InChI is InChI=1S/C34H26F8N8O3/c1-17(33(37,38)39)51-25-11-10-20(13-24(25)34(40,41)42)31-47-28(49-53-31)22-5-4-12-44-27(22)46-21-14-23(26(43-3)45-16-21)29-48-30(52-50-29)19-8-6-18(7-9-19)15-32(2,35)36/h4-14,16-17H,15H2,1-3H3,(H,43,45)(H,44,46). The molecule has 4 heterocycles. The minimum atomic E-state index is -5.07. The lowest BCUT2D eigenvalue weighted by molar-refractivity contribution is -0.191. The summed E-state index contributed by atoms with van der Waals surface area (Å²) < 4.78 is 123. The van der Waals surface area contributed by atoms with Gasteiger partial charge in [-0.15, -0.1) is 0 Å². The second kappa shape index (κ2) is 14.1. The van der Waals surface area contributed by atoms with Crippen LogP contribution in [0.3, 0.4) is 0 Å². The van der Waals surface area contributed by atoms with Gasteiger partial charge in [0.2, 0.25) is 17.6 Å². The zero-order chi connectivity index (χ0) is 38.1. The Balaban J connectivity index is 1.25. The van der Waals surface area contributed by atoms with Gasteiger partial charge in [-0.25, -0.2) is 18.7 Å². The van der Waals surface area contributed by atoms with Gasteiger partial charge in [-0.3, -0.25) is 0 Å². The van der Waals surface area contributed by atoms with Gasteiger partial charge in [0.05, 0.1) is 28.6 Å². The van der Waals surface area contributed by atoms with Gasteiger partial charge in [0, 0.05) is 30.8 Å². The molecular weight excluding hydrogens is 720 g/mol. The second-order valence-electron chi connectivity index (χ2n) is 11.7. The zero-order valence-electron chi connectivity index (χ0n) is 27.6. The fraction of sp³-hybridized carbons (Fsp3) is 0.235. The van der Waals surface area contributed by atoms with E-state index in [9.17, 15) is 35.1 Å². The Morgan fingerprint density at radius 3 is 2.04 bits per heavy atom. The summed E-state index contributed by atoms with van der Waals surface area (Å²) in [5.74, 6) is -3.46. The third-order valence-corrected chi connectivity index (χ3v) is 7.54. The predicted molar refractivity (Wildman–Crippen MR) is 174 cm³/mol. The summed E-state index contributed by atoms with van der Waals surface area (Å²) in [5.41, 5.74) is 0.314. The van der Waals surface area contributed by atoms with E-state index >= 15 is 0 Å². The molecule has 2 aromatic carbocycles. The van der Waals surface area contributed by atoms with Gasteiger partial charge < -0.3 is 24.4 Å². The van der Waals surface area contributed by atoms with Gasteiger partial charge >= 0.3 is 12.4 Å². The molecule has 2 N–H and O–H groups in total. The molecule has 0 aliphatic carbocycles. The smallest absolute Gasteiger partial charge is 0.425 e. The Bertz CT molecular complexity index is 2210. The fourth-order valence-corrected chi connectivity index (χ4v) is 4.99. The Morgan fingerprint density at radius 1 is 0.774 bits per heavy atom. The first kappa shape index (κ1) is 36.6. The Morgan fingerprint density at radius 2 is 1.42 bits per heavy atom. The highest BCUT2D eigenvalue weighted by Gasteiger charge is 2.41. The van der Waals surface area contributed by atoms with Gasteiger partial charge in [0.25, 0.3) is 11.8 Å². The van der Waals surface area contributed by atoms with E-state index in [2.05, 4.69) is 45.6 Å². The maximum Gasteiger partial charge on any atom is 0.425 e. The molecule has 0 radical (unpaired) electrons. The van der Waals surface area contributed by atoms with Crippen molar-refractivity contribution in [2.24, 2.45) is 0 Å². The molecule has 11 nitrogen and oxygen atoms in total. The van der Waals surface area contributed by atoms with Crippen LogP contribution < -0.4 is 15.4 Å². The third kappa shape index (κ3) is 8.50. The highest BCUT2D eigenvalue weighted by atomic mass is 19.4. The van der Waals surface area contributed by atoms with Gasteiger partial charge in [-0.05, 0) is 67.9 Å². The van der Waals surface area contributed by atoms with Gasteiger partial charge in [-0.1, -0.05) is 22.4 Å². The Labute approximate surface area is 294 Å². The van der Waals surface area contributed by atoms with E-state index in [0.717, 1.165) is 19.1 Å². The van der Waals surface area contributed by atoms with E-state index in [-0.39, 0.29) is 40.4 Å². The van der Waals surface area contributed by atoms with E-state index in [1.807, 2.05) is 0 Å². The minimum absolute atomic E-state index is 0.0771. The first-order chi connectivity index (χ1) is 25.0. The number of pyridine rings is 2. The molecule has 53 heavy (non-hydrogen) atoms. The van der Waals surface area contributed by atoms with Crippen molar-refractivity contribution >= 4 is 17.3 Å². The molecule has 0 bridgehead atoms. The first-order valence-corrected chi connectivity index (χ1v) is 15.5. The average Bonchev–Trinajstić information content (AvgIpc) is 3.79. The quantitative estimate of drug-likeness (QED) is 0.123. The highest BCUT2D eigenvalue weighted by Crippen LogP contribution is 2.41. The number of nitrogens with one attached hydrogen (secondary N) is 2. The van der Waals surface area contributed by atoms with E-state index in [4.69, 9.17) is 9.05 Å². The van der Waals surface area contributed by atoms with E-state index < -0.39 is 42.1 Å². The molecule has 19 heteroatoms. The van der Waals surface area contributed by atoms with Crippen LogP contribution >= 0.6 is 0 Å². The van der Waals surface area contributed by atoms with Crippen LogP contribution in [0.15, 0.2) is 82.1 Å². The van der Waals surface area contributed by atoms with E-state index in [0.29, 0.717) is 41.2 Å². The summed E-state index contributed by atoms with van der Waals surface area (Å²) in [6.45, 7) is 1.43.